The summed E-state index contributed by atoms with van der Waals surface area (Å²) in [6, 6.07) is 0. The molecule has 0 aromatic rings. The van der Waals surface area contributed by atoms with Gasteiger partial charge in [-0.1, -0.05) is 6.58 Å². The molecule has 0 saturated carbocycles. The van der Waals surface area contributed by atoms with Crippen LogP contribution in [0.25, 0.3) is 0 Å². The minimum Gasteiger partial charge on any atom is -0.463 e. The lowest BCUT2D eigenvalue weighted by Gasteiger charge is -2.37. The van der Waals surface area contributed by atoms with Crippen molar-refractivity contribution >= 4 is 11.9 Å². The SMILES string of the molecule is C=COC(=O)CCCCC(=O)OC[C@H]1OC(O)[C@@H](O)[C@@H](O)[C@@H]1O. The van der Waals surface area contributed by atoms with Crippen LogP contribution in [0.15, 0.2) is 12.8 Å². The van der Waals surface area contributed by atoms with Gasteiger partial charge in [-0.05, 0) is 12.8 Å². The normalized spacial score (nSPS) is 30.5. The van der Waals surface area contributed by atoms with Gasteiger partial charge in [0.15, 0.2) is 6.29 Å². The number of hydrogen-bond acceptors (Lipinski definition) is 9. The molecule has 0 spiro atoms. The minimum absolute atomic E-state index is 0.0535. The van der Waals surface area contributed by atoms with Gasteiger partial charge in [0.1, 0.15) is 31.0 Å². The molecule has 1 heterocycles. The fourth-order valence-corrected chi connectivity index (χ4v) is 2.01. The van der Waals surface area contributed by atoms with E-state index in [0.717, 1.165) is 6.26 Å². The van der Waals surface area contributed by atoms with Crippen LogP contribution in [0.2, 0.25) is 0 Å². The van der Waals surface area contributed by atoms with Gasteiger partial charge in [0.25, 0.3) is 0 Å². The van der Waals surface area contributed by atoms with Crippen LogP contribution < -0.4 is 0 Å². The summed E-state index contributed by atoms with van der Waals surface area (Å²) in [4.78, 5) is 22.5. The highest BCUT2D eigenvalue weighted by molar-refractivity contribution is 5.70. The third-order valence-electron chi connectivity index (χ3n) is 3.32. The topological polar surface area (TPSA) is 143 Å². The van der Waals surface area contributed by atoms with E-state index >= 15 is 0 Å². The monoisotopic (exact) mass is 334 g/mol. The van der Waals surface area contributed by atoms with E-state index < -0.39 is 42.6 Å². The van der Waals surface area contributed by atoms with Crippen LogP contribution in [-0.2, 0) is 23.8 Å². The Morgan fingerprint density at radius 1 is 1.00 bits per heavy atom. The fourth-order valence-electron chi connectivity index (χ4n) is 2.01. The predicted molar refractivity (Wildman–Crippen MR) is 74.6 cm³/mol. The average molecular weight is 334 g/mol. The molecule has 0 aromatic carbocycles. The van der Waals surface area contributed by atoms with Gasteiger partial charge in [0, 0.05) is 12.8 Å². The van der Waals surface area contributed by atoms with E-state index in [1.165, 1.54) is 0 Å². The maximum atomic E-state index is 11.5. The Bertz CT molecular complexity index is 411. The number of hydrogen-bond donors (Lipinski definition) is 4. The molecule has 0 aliphatic carbocycles. The van der Waals surface area contributed by atoms with Crippen molar-refractivity contribution in [2.24, 2.45) is 0 Å². The molecule has 1 unspecified atom stereocenters. The van der Waals surface area contributed by atoms with Crippen molar-refractivity contribution in [2.75, 3.05) is 6.61 Å². The van der Waals surface area contributed by atoms with E-state index in [4.69, 9.17) is 9.47 Å². The molecule has 0 aromatic heterocycles. The van der Waals surface area contributed by atoms with Gasteiger partial charge in [-0.2, -0.15) is 0 Å². The Kier molecular flexibility index (Phi) is 8.13. The average Bonchev–Trinajstić information content (AvgIpc) is 2.52. The van der Waals surface area contributed by atoms with E-state index in [2.05, 4.69) is 11.3 Å². The van der Waals surface area contributed by atoms with Gasteiger partial charge in [-0.25, -0.2) is 0 Å². The summed E-state index contributed by atoms with van der Waals surface area (Å²) in [5, 5.41) is 37.8. The number of aliphatic hydroxyl groups excluding tert-OH is 4. The first-order valence-corrected chi connectivity index (χ1v) is 7.20. The molecule has 1 fully saturated rings. The van der Waals surface area contributed by atoms with E-state index in [1.807, 2.05) is 0 Å². The van der Waals surface area contributed by atoms with Crippen LogP contribution in [0.4, 0.5) is 0 Å². The molecule has 4 N–H and O–H groups in total. The summed E-state index contributed by atoms with van der Waals surface area (Å²) in [6.45, 7) is 2.87. The van der Waals surface area contributed by atoms with Gasteiger partial charge in [0.2, 0.25) is 0 Å². The summed E-state index contributed by atoms with van der Waals surface area (Å²) in [5.41, 5.74) is 0. The maximum Gasteiger partial charge on any atom is 0.310 e. The number of unbranched alkanes of at least 4 members (excludes halogenated alkanes) is 1. The van der Waals surface area contributed by atoms with Crippen LogP contribution in [0.3, 0.4) is 0 Å². The molecule has 0 radical (unpaired) electrons. The lowest BCUT2D eigenvalue weighted by Crippen LogP contribution is -2.58. The zero-order valence-corrected chi connectivity index (χ0v) is 12.5. The fraction of sp³-hybridized carbons (Fsp3) is 0.714. The number of carbonyl (C=O) groups excluding carboxylic acids is 2. The second-order valence-corrected chi connectivity index (χ2v) is 5.08. The lowest BCUT2D eigenvalue weighted by atomic mass is 9.99. The van der Waals surface area contributed by atoms with Crippen molar-refractivity contribution in [1.82, 2.24) is 0 Å². The van der Waals surface area contributed by atoms with Crippen LogP contribution in [0.5, 0.6) is 0 Å². The molecule has 5 atom stereocenters. The highest BCUT2D eigenvalue weighted by Gasteiger charge is 2.43. The zero-order chi connectivity index (χ0) is 17.4. The van der Waals surface area contributed by atoms with Crippen LogP contribution in [0.1, 0.15) is 25.7 Å². The lowest BCUT2D eigenvalue weighted by molar-refractivity contribution is -0.287. The van der Waals surface area contributed by atoms with Crippen molar-refractivity contribution in [2.45, 2.75) is 56.4 Å². The standard InChI is InChI=1S/C14H22O9/c1-2-21-9(15)5-3-4-6-10(16)22-7-8-11(17)12(18)13(19)14(20)23-8/h2,8,11-14,17-20H,1,3-7H2/t8-,11-,12+,13+,14?/m1/s1. The number of rotatable bonds is 8. The van der Waals surface area contributed by atoms with Crippen LogP contribution >= 0.6 is 0 Å². The summed E-state index contributed by atoms with van der Waals surface area (Å²) in [7, 11) is 0. The molecule has 9 nitrogen and oxygen atoms in total. The quantitative estimate of drug-likeness (QED) is 0.239. The van der Waals surface area contributed by atoms with Gasteiger partial charge < -0.3 is 34.6 Å². The Morgan fingerprint density at radius 2 is 1.61 bits per heavy atom. The molecule has 1 saturated heterocycles. The van der Waals surface area contributed by atoms with E-state index in [0.29, 0.717) is 12.8 Å². The molecule has 9 heteroatoms. The van der Waals surface area contributed by atoms with Crippen molar-refractivity contribution in [1.29, 1.82) is 0 Å². The molecule has 0 bridgehead atoms. The highest BCUT2D eigenvalue weighted by Crippen LogP contribution is 2.20. The van der Waals surface area contributed by atoms with Gasteiger partial charge >= 0.3 is 11.9 Å². The molecule has 132 valence electrons. The van der Waals surface area contributed by atoms with E-state index in [-0.39, 0.29) is 19.4 Å². The summed E-state index contributed by atoms with van der Waals surface area (Å²) < 4.78 is 14.3. The Labute approximate surface area is 133 Å². The molecule has 1 aliphatic rings. The minimum atomic E-state index is -1.67. The number of ether oxygens (including phenoxy) is 3. The second-order valence-electron chi connectivity index (χ2n) is 5.08. The summed E-state index contributed by atoms with van der Waals surface area (Å²) in [6.07, 6.45) is -5.45. The highest BCUT2D eigenvalue weighted by atomic mass is 16.6. The predicted octanol–water partition coefficient (Wildman–Crippen LogP) is -1.42. The summed E-state index contributed by atoms with van der Waals surface area (Å²) in [5.74, 6) is -1.01. The van der Waals surface area contributed by atoms with Gasteiger partial charge in [-0.3, -0.25) is 9.59 Å². The third-order valence-corrected chi connectivity index (χ3v) is 3.32. The number of carbonyl (C=O) groups is 2. The van der Waals surface area contributed by atoms with Crippen molar-refractivity contribution < 1.29 is 44.2 Å². The molecule has 1 aliphatic heterocycles. The number of esters is 2. The largest absolute Gasteiger partial charge is 0.463 e. The maximum absolute atomic E-state index is 11.5. The van der Waals surface area contributed by atoms with E-state index in [9.17, 15) is 30.0 Å². The second kappa shape index (κ2) is 9.58. The molecule has 1 rings (SSSR count). The molecular weight excluding hydrogens is 312 g/mol. The first-order chi connectivity index (χ1) is 10.9. The van der Waals surface area contributed by atoms with Crippen LogP contribution in [0, 0.1) is 0 Å². The zero-order valence-electron chi connectivity index (χ0n) is 12.5. The van der Waals surface area contributed by atoms with Gasteiger partial charge in [0.05, 0.1) is 6.26 Å². The van der Waals surface area contributed by atoms with Crippen molar-refractivity contribution in [3.63, 3.8) is 0 Å². The third kappa shape index (κ3) is 6.24. The van der Waals surface area contributed by atoms with E-state index in [1.54, 1.807) is 0 Å². The Morgan fingerprint density at radius 3 is 2.22 bits per heavy atom. The van der Waals surface area contributed by atoms with Crippen LogP contribution in [-0.4, -0.2) is 69.7 Å². The summed E-state index contributed by atoms with van der Waals surface area (Å²) >= 11 is 0. The first kappa shape index (κ1) is 19.5. The first-order valence-electron chi connectivity index (χ1n) is 7.20. The molecular formula is C14H22O9. The smallest absolute Gasteiger partial charge is 0.310 e. The number of aliphatic hydroxyl groups is 4. The van der Waals surface area contributed by atoms with Crippen molar-refractivity contribution in [3.05, 3.63) is 12.8 Å². The van der Waals surface area contributed by atoms with Gasteiger partial charge in [-0.15, -0.1) is 0 Å². The molecule has 0 amide bonds. The molecule has 23 heavy (non-hydrogen) atoms. The Balaban J connectivity index is 2.23. The Hall–Kier alpha value is -1.52. The van der Waals surface area contributed by atoms with Crippen molar-refractivity contribution in [3.8, 4) is 0 Å².